The molecule has 3 unspecified atom stereocenters. The normalized spacial score (nSPS) is 27.5. The first-order valence-electron chi connectivity index (χ1n) is 7.41. The SMILES string of the molecule is Cc1ccccc1N1C2CN(Cc3ccccc32)C1C. The number of nitrogens with zero attached hydrogens (tertiary/aromatic N) is 2. The van der Waals surface area contributed by atoms with E-state index in [2.05, 4.69) is 72.2 Å². The Bertz CT molecular complexity index is 649. The Labute approximate surface area is 120 Å². The molecule has 0 aromatic heterocycles. The van der Waals surface area contributed by atoms with Gasteiger partial charge in [-0.1, -0.05) is 42.5 Å². The third-order valence-electron chi connectivity index (χ3n) is 4.86. The van der Waals surface area contributed by atoms with Gasteiger partial charge < -0.3 is 4.90 Å². The average Bonchev–Trinajstić information content (AvgIpc) is 2.73. The van der Waals surface area contributed by atoms with Crippen LogP contribution in [0.5, 0.6) is 0 Å². The Morgan fingerprint density at radius 3 is 2.60 bits per heavy atom. The van der Waals surface area contributed by atoms with E-state index in [4.69, 9.17) is 0 Å². The van der Waals surface area contributed by atoms with Crippen LogP contribution in [0, 0.1) is 6.92 Å². The lowest BCUT2D eigenvalue weighted by Crippen LogP contribution is -2.35. The van der Waals surface area contributed by atoms with Crippen molar-refractivity contribution in [2.75, 3.05) is 11.4 Å². The molecular weight excluding hydrogens is 244 g/mol. The number of anilines is 1. The van der Waals surface area contributed by atoms with Crippen LogP contribution in [-0.4, -0.2) is 17.6 Å². The van der Waals surface area contributed by atoms with Crippen LogP contribution in [0.4, 0.5) is 5.69 Å². The summed E-state index contributed by atoms with van der Waals surface area (Å²) in [5.41, 5.74) is 5.75. The Morgan fingerprint density at radius 2 is 1.75 bits per heavy atom. The molecule has 0 aliphatic carbocycles. The molecule has 1 fully saturated rings. The van der Waals surface area contributed by atoms with Gasteiger partial charge in [0.1, 0.15) is 0 Å². The van der Waals surface area contributed by atoms with Gasteiger partial charge in [-0.05, 0) is 36.6 Å². The zero-order chi connectivity index (χ0) is 13.7. The summed E-state index contributed by atoms with van der Waals surface area (Å²) < 4.78 is 0. The second kappa shape index (κ2) is 4.35. The number of para-hydroxylation sites is 1. The first kappa shape index (κ1) is 12.0. The van der Waals surface area contributed by atoms with Crippen LogP contribution in [0.1, 0.15) is 29.7 Å². The highest BCUT2D eigenvalue weighted by Gasteiger charge is 2.42. The van der Waals surface area contributed by atoms with Gasteiger partial charge in [0, 0.05) is 18.8 Å². The topological polar surface area (TPSA) is 6.48 Å². The summed E-state index contributed by atoms with van der Waals surface area (Å²) >= 11 is 0. The second-order valence-electron chi connectivity index (χ2n) is 5.97. The minimum atomic E-state index is 0.466. The molecule has 1 saturated heterocycles. The van der Waals surface area contributed by atoms with Crippen molar-refractivity contribution >= 4 is 5.69 Å². The van der Waals surface area contributed by atoms with Crippen molar-refractivity contribution in [1.82, 2.24) is 4.90 Å². The number of rotatable bonds is 1. The monoisotopic (exact) mass is 264 g/mol. The Morgan fingerprint density at radius 1 is 1.00 bits per heavy atom. The van der Waals surface area contributed by atoms with E-state index in [1.807, 2.05) is 0 Å². The van der Waals surface area contributed by atoms with Gasteiger partial charge in [-0.15, -0.1) is 0 Å². The summed E-state index contributed by atoms with van der Waals surface area (Å²) in [5.74, 6) is 0. The Balaban J connectivity index is 1.84. The second-order valence-corrected chi connectivity index (χ2v) is 5.97. The lowest BCUT2D eigenvalue weighted by atomic mass is 9.96. The van der Waals surface area contributed by atoms with E-state index in [0.29, 0.717) is 12.2 Å². The maximum Gasteiger partial charge on any atom is 0.0803 e. The van der Waals surface area contributed by atoms with Gasteiger partial charge >= 0.3 is 0 Å². The molecule has 0 radical (unpaired) electrons. The molecule has 2 aliphatic heterocycles. The van der Waals surface area contributed by atoms with Gasteiger partial charge in [0.05, 0.1) is 12.2 Å². The fraction of sp³-hybridized carbons (Fsp3) is 0.333. The predicted octanol–water partition coefficient (Wildman–Crippen LogP) is 3.72. The van der Waals surface area contributed by atoms with E-state index in [-0.39, 0.29) is 0 Å². The van der Waals surface area contributed by atoms with Gasteiger partial charge in [-0.2, -0.15) is 0 Å². The van der Waals surface area contributed by atoms with E-state index in [1.54, 1.807) is 0 Å². The van der Waals surface area contributed by atoms with Crippen molar-refractivity contribution in [2.24, 2.45) is 0 Å². The van der Waals surface area contributed by atoms with Crippen LogP contribution in [0.25, 0.3) is 0 Å². The summed E-state index contributed by atoms with van der Waals surface area (Å²) in [6.45, 7) is 6.77. The molecule has 4 rings (SSSR count). The van der Waals surface area contributed by atoms with Gasteiger partial charge in [0.2, 0.25) is 0 Å². The molecule has 20 heavy (non-hydrogen) atoms. The summed E-state index contributed by atoms with van der Waals surface area (Å²) in [4.78, 5) is 5.18. The predicted molar refractivity (Wildman–Crippen MR) is 82.7 cm³/mol. The van der Waals surface area contributed by atoms with Crippen molar-refractivity contribution in [2.45, 2.75) is 32.6 Å². The minimum absolute atomic E-state index is 0.466. The largest absolute Gasteiger partial charge is 0.347 e. The Hall–Kier alpha value is -1.80. The van der Waals surface area contributed by atoms with Gasteiger partial charge in [-0.3, -0.25) is 4.90 Å². The van der Waals surface area contributed by atoms with Crippen molar-refractivity contribution < 1.29 is 0 Å². The zero-order valence-electron chi connectivity index (χ0n) is 12.1. The lowest BCUT2D eigenvalue weighted by molar-refractivity contribution is 0.252. The molecule has 2 bridgehead atoms. The molecule has 2 heteroatoms. The molecular formula is C18H20N2. The van der Waals surface area contributed by atoms with Crippen LogP contribution < -0.4 is 4.90 Å². The van der Waals surface area contributed by atoms with E-state index in [0.717, 1.165) is 13.1 Å². The third-order valence-corrected chi connectivity index (χ3v) is 4.86. The fourth-order valence-electron chi connectivity index (χ4n) is 3.79. The molecule has 2 heterocycles. The maximum atomic E-state index is 2.60. The van der Waals surface area contributed by atoms with Crippen LogP contribution in [-0.2, 0) is 6.54 Å². The lowest BCUT2D eigenvalue weighted by Gasteiger charge is -2.31. The molecule has 2 aliphatic rings. The smallest absolute Gasteiger partial charge is 0.0803 e. The quantitative estimate of drug-likeness (QED) is 0.774. The van der Waals surface area contributed by atoms with Crippen molar-refractivity contribution in [1.29, 1.82) is 0 Å². The highest BCUT2D eigenvalue weighted by atomic mass is 15.4. The Kier molecular flexibility index (Phi) is 2.61. The van der Waals surface area contributed by atoms with Crippen LogP contribution in [0.15, 0.2) is 48.5 Å². The summed E-state index contributed by atoms with van der Waals surface area (Å²) in [5, 5.41) is 0. The molecule has 2 aromatic rings. The van der Waals surface area contributed by atoms with Crippen LogP contribution in [0.3, 0.4) is 0 Å². The summed E-state index contributed by atoms with van der Waals surface area (Å²) in [7, 11) is 0. The first-order valence-corrected chi connectivity index (χ1v) is 7.41. The van der Waals surface area contributed by atoms with Crippen LogP contribution >= 0.6 is 0 Å². The van der Waals surface area contributed by atoms with E-state index >= 15 is 0 Å². The van der Waals surface area contributed by atoms with E-state index in [9.17, 15) is 0 Å². The number of hydrogen-bond donors (Lipinski definition) is 0. The third kappa shape index (κ3) is 1.61. The molecule has 0 saturated carbocycles. The summed E-state index contributed by atoms with van der Waals surface area (Å²) in [6, 6.07) is 18.2. The number of fused-ring (bicyclic) bond motifs is 4. The standard InChI is InChI=1S/C18H20N2/c1-13-7-3-6-10-17(13)20-14(2)19-11-15-8-4-5-9-16(15)18(20)12-19/h3-10,14,18H,11-12H2,1-2H3. The van der Waals surface area contributed by atoms with Gasteiger partial charge in [0.25, 0.3) is 0 Å². The fourth-order valence-corrected chi connectivity index (χ4v) is 3.79. The van der Waals surface area contributed by atoms with E-state index < -0.39 is 0 Å². The first-order chi connectivity index (χ1) is 9.75. The minimum Gasteiger partial charge on any atom is -0.347 e. The molecule has 0 spiro atoms. The molecule has 3 atom stereocenters. The van der Waals surface area contributed by atoms with E-state index in [1.165, 1.54) is 22.4 Å². The molecule has 102 valence electrons. The van der Waals surface area contributed by atoms with Crippen LogP contribution in [0.2, 0.25) is 0 Å². The molecule has 0 N–H and O–H groups in total. The highest BCUT2D eigenvalue weighted by Crippen LogP contribution is 2.43. The molecule has 2 aromatic carbocycles. The highest BCUT2D eigenvalue weighted by molar-refractivity contribution is 5.58. The van der Waals surface area contributed by atoms with Crippen molar-refractivity contribution in [3.8, 4) is 0 Å². The van der Waals surface area contributed by atoms with Gasteiger partial charge in [0.15, 0.2) is 0 Å². The molecule has 2 nitrogen and oxygen atoms in total. The van der Waals surface area contributed by atoms with Crippen molar-refractivity contribution in [3.63, 3.8) is 0 Å². The summed E-state index contributed by atoms with van der Waals surface area (Å²) in [6.07, 6.45) is 0.466. The zero-order valence-corrected chi connectivity index (χ0v) is 12.1. The van der Waals surface area contributed by atoms with Gasteiger partial charge in [-0.25, -0.2) is 0 Å². The van der Waals surface area contributed by atoms with Crippen molar-refractivity contribution in [3.05, 3.63) is 65.2 Å². The number of aryl methyl sites for hydroxylation is 1. The average molecular weight is 264 g/mol. The number of benzene rings is 2. The maximum absolute atomic E-state index is 2.60. The molecule has 0 amide bonds. The number of hydrogen-bond acceptors (Lipinski definition) is 2.